The second kappa shape index (κ2) is 7.76. The molecule has 0 amide bonds. The summed E-state index contributed by atoms with van der Waals surface area (Å²) in [5.41, 5.74) is 20.6. The van der Waals surface area contributed by atoms with Crippen molar-refractivity contribution in [2.45, 2.75) is 6.42 Å². The highest BCUT2D eigenvalue weighted by molar-refractivity contribution is 5.92. The predicted molar refractivity (Wildman–Crippen MR) is 51.0 cm³/mol. The molecule has 0 aromatic rings. The quantitative estimate of drug-likeness (QED) is 0.191. The average Bonchev–Trinajstić information content (AvgIpc) is 1.86. The monoisotopic (exact) mass is 175 g/mol. The van der Waals surface area contributed by atoms with Crippen molar-refractivity contribution in [3.63, 3.8) is 0 Å². The molecule has 0 aromatic heterocycles. The second-order valence-corrected chi connectivity index (χ2v) is 1.92. The average molecular weight is 175 g/mol. The Kier molecular flexibility index (Phi) is 8.58. The van der Waals surface area contributed by atoms with Crippen molar-refractivity contribution < 1.29 is 0 Å². The number of hydrogen-bond acceptors (Lipinski definition) is 3. The molecule has 0 fully saturated rings. The van der Waals surface area contributed by atoms with E-state index in [2.05, 4.69) is 9.98 Å². The molecule has 0 radical (unpaired) electrons. The van der Waals surface area contributed by atoms with Crippen LogP contribution in [0.4, 0.5) is 0 Å². The minimum absolute atomic E-state index is 0. The van der Waals surface area contributed by atoms with Gasteiger partial charge in [-0.2, -0.15) is 4.99 Å². The molecule has 0 aliphatic rings. The molecule has 7 nitrogen and oxygen atoms in total. The van der Waals surface area contributed by atoms with Gasteiger partial charge in [0.1, 0.15) is 0 Å². The van der Waals surface area contributed by atoms with Gasteiger partial charge in [-0.05, 0) is 13.0 Å². The van der Waals surface area contributed by atoms with Gasteiger partial charge in [0, 0.05) is 6.54 Å². The van der Waals surface area contributed by atoms with E-state index in [1.54, 1.807) is 0 Å². The standard InChI is InChI=1S/C5H14N6.H3N/c6-2-1-3-10-5(9)11-4(7)8;/h1-3,6H2,(H6,7,8,9,10,11);1H3. The molecule has 0 spiro atoms. The Morgan fingerprint density at radius 3 is 2.17 bits per heavy atom. The maximum atomic E-state index is 5.28. The number of guanidine groups is 2. The molecule has 0 unspecified atom stereocenters. The molecule has 72 valence electrons. The first kappa shape index (κ1) is 13.3. The molecule has 11 N–H and O–H groups in total. The fraction of sp³-hybridized carbons (Fsp3) is 0.600. The van der Waals surface area contributed by atoms with Gasteiger partial charge in [0.25, 0.3) is 0 Å². The van der Waals surface area contributed by atoms with Gasteiger partial charge >= 0.3 is 0 Å². The fourth-order valence-corrected chi connectivity index (χ4v) is 0.453. The van der Waals surface area contributed by atoms with Crippen molar-refractivity contribution >= 4 is 11.9 Å². The second-order valence-electron chi connectivity index (χ2n) is 1.92. The Morgan fingerprint density at radius 2 is 1.75 bits per heavy atom. The Morgan fingerprint density at radius 1 is 1.17 bits per heavy atom. The first-order valence-electron chi connectivity index (χ1n) is 3.26. The Balaban J connectivity index is 0. The van der Waals surface area contributed by atoms with E-state index in [0.717, 1.165) is 6.42 Å². The van der Waals surface area contributed by atoms with Crippen LogP contribution in [0.25, 0.3) is 0 Å². The lowest BCUT2D eigenvalue weighted by molar-refractivity contribution is 0.842. The molecule has 0 aliphatic carbocycles. The number of aliphatic imine (C=N–C) groups is 2. The number of nitrogens with two attached hydrogens (primary N) is 4. The summed E-state index contributed by atoms with van der Waals surface area (Å²) in [6.45, 7) is 1.14. The van der Waals surface area contributed by atoms with Gasteiger partial charge in [-0.15, -0.1) is 0 Å². The van der Waals surface area contributed by atoms with Gasteiger partial charge in [0.05, 0.1) is 0 Å². The van der Waals surface area contributed by atoms with Crippen LogP contribution in [0.1, 0.15) is 6.42 Å². The lowest BCUT2D eigenvalue weighted by atomic mass is 10.4. The predicted octanol–water partition coefficient (Wildman–Crippen LogP) is -1.91. The highest BCUT2D eigenvalue weighted by atomic mass is 15.1. The SMILES string of the molecule is N.NCCCN=C(N)N=C(N)N. The summed E-state index contributed by atoms with van der Waals surface area (Å²) >= 11 is 0. The summed E-state index contributed by atoms with van der Waals surface area (Å²) in [4.78, 5) is 7.33. The van der Waals surface area contributed by atoms with E-state index >= 15 is 0 Å². The molecule has 0 saturated carbocycles. The van der Waals surface area contributed by atoms with Crippen molar-refractivity contribution in [3.8, 4) is 0 Å². The topological polar surface area (TPSA) is 164 Å². The normalized spacial score (nSPS) is 10.2. The summed E-state index contributed by atoms with van der Waals surface area (Å²) in [5, 5.41) is 0. The van der Waals surface area contributed by atoms with Gasteiger partial charge in [0.15, 0.2) is 5.96 Å². The summed E-state index contributed by atoms with van der Waals surface area (Å²) in [5.74, 6) is 0.0115. The zero-order valence-electron chi connectivity index (χ0n) is 7.03. The Labute approximate surface area is 71.5 Å². The Hall–Kier alpha value is -1.34. The van der Waals surface area contributed by atoms with E-state index < -0.39 is 0 Å². The molecule has 0 aliphatic heterocycles. The summed E-state index contributed by atoms with van der Waals surface area (Å²) in [6, 6.07) is 0. The maximum absolute atomic E-state index is 5.28. The third-order valence-corrected chi connectivity index (χ3v) is 0.880. The third-order valence-electron chi connectivity index (χ3n) is 0.880. The van der Waals surface area contributed by atoms with E-state index in [0.29, 0.717) is 13.1 Å². The van der Waals surface area contributed by atoms with Crippen LogP contribution in [0.2, 0.25) is 0 Å². The summed E-state index contributed by atoms with van der Waals surface area (Å²) in [7, 11) is 0. The first-order valence-corrected chi connectivity index (χ1v) is 3.26. The van der Waals surface area contributed by atoms with Gasteiger partial charge in [-0.3, -0.25) is 4.99 Å². The van der Waals surface area contributed by atoms with Crippen molar-refractivity contribution in [3.05, 3.63) is 0 Å². The van der Waals surface area contributed by atoms with Crippen LogP contribution in [0.15, 0.2) is 9.98 Å². The number of hydrogen-bond donors (Lipinski definition) is 5. The molecule has 0 bridgehead atoms. The van der Waals surface area contributed by atoms with Crippen molar-refractivity contribution in [1.29, 1.82) is 0 Å². The largest absolute Gasteiger partial charge is 0.370 e. The molecule has 0 heterocycles. The van der Waals surface area contributed by atoms with E-state index in [-0.39, 0.29) is 18.1 Å². The molecule has 12 heavy (non-hydrogen) atoms. The van der Waals surface area contributed by atoms with Crippen LogP contribution in [0.5, 0.6) is 0 Å². The molecule has 0 atom stereocenters. The first-order chi connectivity index (χ1) is 5.16. The van der Waals surface area contributed by atoms with Crippen LogP contribution < -0.4 is 29.1 Å². The minimum Gasteiger partial charge on any atom is -0.370 e. The zero-order valence-corrected chi connectivity index (χ0v) is 7.03. The molecule has 0 saturated heterocycles. The number of rotatable bonds is 3. The summed E-state index contributed by atoms with van der Waals surface area (Å²) in [6.07, 6.45) is 0.778. The molecular weight excluding hydrogens is 158 g/mol. The smallest absolute Gasteiger partial charge is 0.218 e. The lowest BCUT2D eigenvalue weighted by Gasteiger charge is -1.93. The van der Waals surface area contributed by atoms with Gasteiger partial charge < -0.3 is 29.1 Å². The molecular formula is C5H17N7. The van der Waals surface area contributed by atoms with Gasteiger partial charge in [-0.1, -0.05) is 0 Å². The van der Waals surface area contributed by atoms with Gasteiger partial charge in [-0.25, -0.2) is 0 Å². The highest BCUT2D eigenvalue weighted by Gasteiger charge is 1.86. The van der Waals surface area contributed by atoms with Crippen LogP contribution in [-0.2, 0) is 0 Å². The molecule has 7 heteroatoms. The van der Waals surface area contributed by atoms with Crippen molar-refractivity contribution in [2.24, 2.45) is 32.9 Å². The lowest BCUT2D eigenvalue weighted by Crippen LogP contribution is -2.26. The van der Waals surface area contributed by atoms with Crippen LogP contribution in [-0.4, -0.2) is 25.0 Å². The zero-order chi connectivity index (χ0) is 8.69. The molecule has 0 rings (SSSR count). The van der Waals surface area contributed by atoms with E-state index in [4.69, 9.17) is 22.9 Å². The number of nitrogens with zero attached hydrogens (tertiary/aromatic N) is 2. The van der Waals surface area contributed by atoms with Crippen LogP contribution in [0.3, 0.4) is 0 Å². The minimum atomic E-state index is -0.0843. The van der Waals surface area contributed by atoms with Crippen molar-refractivity contribution in [1.82, 2.24) is 6.15 Å². The summed E-state index contributed by atoms with van der Waals surface area (Å²) < 4.78 is 0. The van der Waals surface area contributed by atoms with Gasteiger partial charge in [0.2, 0.25) is 5.96 Å². The third kappa shape index (κ3) is 8.66. The molecule has 0 aromatic carbocycles. The maximum Gasteiger partial charge on any atom is 0.218 e. The van der Waals surface area contributed by atoms with Crippen molar-refractivity contribution in [2.75, 3.05) is 13.1 Å². The van der Waals surface area contributed by atoms with Crippen LogP contribution >= 0.6 is 0 Å². The van der Waals surface area contributed by atoms with Crippen LogP contribution in [0, 0.1) is 0 Å². The van der Waals surface area contributed by atoms with E-state index in [1.807, 2.05) is 0 Å². The Bertz CT molecular complexity index is 157. The van der Waals surface area contributed by atoms with E-state index in [9.17, 15) is 0 Å². The highest BCUT2D eigenvalue weighted by Crippen LogP contribution is 1.78. The fourth-order valence-electron chi connectivity index (χ4n) is 0.453. The van der Waals surface area contributed by atoms with E-state index in [1.165, 1.54) is 0 Å².